The molecule has 2 aromatic rings. The summed E-state index contributed by atoms with van der Waals surface area (Å²) in [6.45, 7) is 2.94. The van der Waals surface area contributed by atoms with Crippen LogP contribution in [-0.4, -0.2) is 23.9 Å². The quantitative estimate of drug-likeness (QED) is 0.347. The molecule has 0 atom stereocenters. The van der Waals surface area contributed by atoms with Crippen LogP contribution in [0.15, 0.2) is 60.7 Å². The Hall–Kier alpha value is -4.16. The molecule has 0 heterocycles. The molecule has 6 heteroatoms. The molecule has 6 nitrogen and oxygen atoms in total. The average Bonchev–Trinajstić information content (AvgIpc) is 2.70. The maximum atomic E-state index is 11.6. The molecule has 2 rings (SSSR count). The van der Waals surface area contributed by atoms with Crippen molar-refractivity contribution >= 4 is 23.9 Å². The van der Waals surface area contributed by atoms with Crippen LogP contribution in [-0.2, 0) is 19.1 Å². The predicted molar refractivity (Wildman–Crippen MR) is 101 cm³/mol. The molecule has 0 aromatic heterocycles. The highest BCUT2D eigenvalue weighted by atomic mass is 16.6. The van der Waals surface area contributed by atoms with Gasteiger partial charge in [0.1, 0.15) is 0 Å². The highest BCUT2D eigenvalue weighted by Crippen LogP contribution is 2.06. The second-order valence-corrected chi connectivity index (χ2v) is 4.84. The van der Waals surface area contributed by atoms with Gasteiger partial charge in [-0.05, 0) is 38.1 Å². The highest BCUT2D eigenvalue weighted by Gasteiger charge is 2.13. The summed E-state index contributed by atoms with van der Waals surface area (Å²) in [6.07, 6.45) is 0. The van der Waals surface area contributed by atoms with Gasteiger partial charge in [0.15, 0.2) is 0 Å². The topological polar surface area (TPSA) is 86.7 Å². The molecule has 0 saturated heterocycles. The van der Waals surface area contributed by atoms with E-state index >= 15 is 0 Å². The van der Waals surface area contributed by atoms with Crippen molar-refractivity contribution in [3.63, 3.8) is 0 Å². The fourth-order valence-electron chi connectivity index (χ4n) is 1.69. The molecule has 0 radical (unpaired) electrons. The first-order chi connectivity index (χ1) is 13.5. The van der Waals surface area contributed by atoms with Crippen molar-refractivity contribution in [3.8, 4) is 23.7 Å². The van der Waals surface area contributed by atoms with E-state index in [9.17, 15) is 19.2 Å². The van der Waals surface area contributed by atoms with Crippen LogP contribution in [0.3, 0.4) is 0 Å². The first-order valence-electron chi connectivity index (χ1n) is 7.95. The van der Waals surface area contributed by atoms with Gasteiger partial charge in [-0.1, -0.05) is 48.2 Å². The van der Waals surface area contributed by atoms with Gasteiger partial charge in [-0.3, -0.25) is 0 Å². The highest BCUT2D eigenvalue weighted by molar-refractivity contribution is 6.02. The van der Waals surface area contributed by atoms with Crippen molar-refractivity contribution in [1.82, 2.24) is 0 Å². The van der Waals surface area contributed by atoms with E-state index in [1.807, 2.05) is 11.8 Å². The SMILES string of the molecule is CC#CC(=O)OC(=O)C#CC.O=C(OC(=O)c1ccccc1)c1ccccc1. The van der Waals surface area contributed by atoms with Crippen molar-refractivity contribution < 1.29 is 28.7 Å². The molecule has 0 amide bonds. The van der Waals surface area contributed by atoms with Crippen molar-refractivity contribution in [1.29, 1.82) is 0 Å². The number of hydrogen-bond donors (Lipinski definition) is 0. The first-order valence-corrected chi connectivity index (χ1v) is 7.95. The maximum absolute atomic E-state index is 11.6. The zero-order chi connectivity index (χ0) is 20.8. The van der Waals surface area contributed by atoms with Crippen molar-refractivity contribution in [2.45, 2.75) is 13.8 Å². The summed E-state index contributed by atoms with van der Waals surface area (Å²) in [6, 6.07) is 16.8. The molecule has 0 unspecified atom stereocenters. The van der Waals surface area contributed by atoms with E-state index in [1.54, 1.807) is 60.7 Å². The zero-order valence-electron chi connectivity index (χ0n) is 15.2. The van der Waals surface area contributed by atoms with Crippen molar-refractivity contribution in [2.75, 3.05) is 0 Å². The molecule has 28 heavy (non-hydrogen) atoms. The smallest absolute Gasteiger partial charge is 0.386 e. The van der Waals surface area contributed by atoms with Crippen LogP contribution in [0.1, 0.15) is 34.6 Å². The summed E-state index contributed by atoms with van der Waals surface area (Å²) < 4.78 is 8.85. The van der Waals surface area contributed by atoms with Crippen LogP contribution in [0.25, 0.3) is 0 Å². The fraction of sp³-hybridized carbons (Fsp3) is 0.0909. The normalized spacial score (nSPS) is 8.36. The Kier molecular flexibility index (Phi) is 9.56. The van der Waals surface area contributed by atoms with Crippen LogP contribution in [0, 0.1) is 23.7 Å². The summed E-state index contributed by atoms with van der Waals surface area (Å²) in [4.78, 5) is 44.1. The van der Waals surface area contributed by atoms with E-state index in [0.717, 1.165) is 0 Å². The van der Waals surface area contributed by atoms with Gasteiger partial charge in [0.05, 0.1) is 11.1 Å². The molecule has 0 aliphatic carbocycles. The summed E-state index contributed by atoms with van der Waals surface area (Å²) >= 11 is 0. The number of hydrogen-bond acceptors (Lipinski definition) is 6. The van der Waals surface area contributed by atoms with Gasteiger partial charge in [0, 0.05) is 11.8 Å². The Morgan fingerprint density at radius 3 is 1.29 bits per heavy atom. The lowest BCUT2D eigenvalue weighted by Crippen LogP contribution is -2.12. The Morgan fingerprint density at radius 1 is 0.607 bits per heavy atom. The molecule has 140 valence electrons. The number of carbonyl (C=O) groups is 4. The monoisotopic (exact) mass is 376 g/mol. The molecule has 0 aliphatic rings. The molecule has 0 spiro atoms. The van der Waals surface area contributed by atoms with Gasteiger partial charge in [-0.25, -0.2) is 19.2 Å². The Labute approximate surface area is 162 Å². The van der Waals surface area contributed by atoms with E-state index in [1.165, 1.54) is 13.8 Å². The summed E-state index contributed by atoms with van der Waals surface area (Å²) in [5.41, 5.74) is 0.716. The molecular weight excluding hydrogens is 360 g/mol. The second kappa shape index (κ2) is 12.2. The number of esters is 4. The molecular formula is C22H16O6. The van der Waals surface area contributed by atoms with E-state index in [0.29, 0.717) is 11.1 Å². The lowest BCUT2D eigenvalue weighted by molar-refractivity contribution is -0.151. The summed E-state index contributed by atoms with van der Waals surface area (Å²) in [5.74, 6) is 5.62. The van der Waals surface area contributed by atoms with E-state index in [-0.39, 0.29) is 0 Å². The van der Waals surface area contributed by atoms with E-state index in [2.05, 4.69) is 16.6 Å². The van der Waals surface area contributed by atoms with E-state index in [4.69, 9.17) is 4.74 Å². The van der Waals surface area contributed by atoms with Gasteiger partial charge >= 0.3 is 23.9 Å². The third kappa shape index (κ3) is 8.28. The third-order valence-electron chi connectivity index (χ3n) is 2.84. The number of benzene rings is 2. The van der Waals surface area contributed by atoms with Crippen LogP contribution < -0.4 is 0 Å². The third-order valence-corrected chi connectivity index (χ3v) is 2.84. The minimum absolute atomic E-state index is 0.358. The van der Waals surface area contributed by atoms with Gasteiger partial charge in [-0.2, -0.15) is 0 Å². The van der Waals surface area contributed by atoms with Crippen LogP contribution in [0.5, 0.6) is 0 Å². The van der Waals surface area contributed by atoms with Crippen molar-refractivity contribution in [2.24, 2.45) is 0 Å². The van der Waals surface area contributed by atoms with Gasteiger partial charge in [0.2, 0.25) is 0 Å². The Bertz CT molecular complexity index is 875. The van der Waals surface area contributed by atoms with E-state index < -0.39 is 23.9 Å². The minimum Gasteiger partial charge on any atom is -0.386 e. The number of ether oxygens (including phenoxy) is 2. The summed E-state index contributed by atoms with van der Waals surface area (Å²) in [7, 11) is 0. The standard InChI is InChI=1S/C14H10O3.C8H6O3/c15-13(11-7-3-1-4-8-11)17-14(16)12-9-5-2-6-10-12;1-3-5-7(9)11-8(10)6-4-2/h1-10H;1-2H3. The number of carbonyl (C=O) groups excluding carboxylic acids is 4. The molecule has 0 bridgehead atoms. The first kappa shape index (κ1) is 21.9. The van der Waals surface area contributed by atoms with Crippen LogP contribution in [0.2, 0.25) is 0 Å². The molecule has 2 aromatic carbocycles. The van der Waals surface area contributed by atoms with Crippen LogP contribution in [0.4, 0.5) is 0 Å². The second-order valence-electron chi connectivity index (χ2n) is 4.84. The molecule has 0 saturated carbocycles. The predicted octanol–water partition coefficient (Wildman–Crippen LogP) is 2.79. The molecule has 0 N–H and O–H groups in total. The minimum atomic E-state index is -0.875. The Balaban J connectivity index is 0.000000311. The van der Waals surface area contributed by atoms with Gasteiger partial charge in [0.25, 0.3) is 0 Å². The molecule has 0 aliphatic heterocycles. The lowest BCUT2D eigenvalue weighted by Gasteiger charge is -2.02. The van der Waals surface area contributed by atoms with Gasteiger partial charge < -0.3 is 9.47 Å². The fourth-order valence-corrected chi connectivity index (χ4v) is 1.69. The Morgan fingerprint density at radius 2 is 0.964 bits per heavy atom. The van der Waals surface area contributed by atoms with Gasteiger partial charge in [-0.15, -0.1) is 0 Å². The molecule has 0 fully saturated rings. The lowest BCUT2D eigenvalue weighted by atomic mass is 10.2. The largest absolute Gasteiger partial charge is 0.392 e. The maximum Gasteiger partial charge on any atom is 0.392 e. The summed E-state index contributed by atoms with van der Waals surface area (Å²) in [5, 5.41) is 0. The number of rotatable bonds is 2. The average molecular weight is 376 g/mol. The van der Waals surface area contributed by atoms with Crippen molar-refractivity contribution in [3.05, 3.63) is 71.8 Å². The van der Waals surface area contributed by atoms with Crippen LogP contribution >= 0.6 is 0 Å². The zero-order valence-corrected chi connectivity index (χ0v) is 15.2.